The normalized spacial score (nSPS) is 11.8. The van der Waals surface area contributed by atoms with E-state index in [0.29, 0.717) is 25.7 Å². The summed E-state index contributed by atoms with van der Waals surface area (Å²) in [6.07, 6.45) is 112. The number of carbonyl (C=O) groups excluding carboxylic acids is 4. The van der Waals surface area contributed by atoms with Gasteiger partial charge >= 0.3 is 61.6 Å². The van der Waals surface area contributed by atoms with Crippen molar-refractivity contribution in [1.29, 1.82) is 0 Å². The van der Waals surface area contributed by atoms with E-state index in [9.17, 15) is 45.1 Å². The predicted molar refractivity (Wildman–Crippen MR) is 526 cm³/mol. The monoisotopic (exact) mass is 1810 g/mol. The van der Waals surface area contributed by atoms with Gasteiger partial charge in [0, 0.05) is 0 Å². The largest absolute Gasteiger partial charge is 2.00 e. The van der Waals surface area contributed by atoms with Gasteiger partial charge in [0.15, 0.2) is 0 Å². The summed E-state index contributed by atoms with van der Waals surface area (Å²) in [6.45, 7) is 9.27. The average Bonchev–Trinajstić information content (AvgIpc) is 0.795. The Morgan fingerprint density at radius 3 is 0.520 bits per heavy atom. The molecule has 0 amide bonds. The summed E-state index contributed by atoms with van der Waals surface area (Å²) in [4.78, 5) is 50.7. The molecular weight excluding hydrogens is 1630 g/mol. The van der Waals surface area contributed by atoms with E-state index in [4.69, 9.17) is 18.9 Å². The van der Waals surface area contributed by atoms with Crippen LogP contribution in [-0.2, 0) is 39.2 Å². The molecule has 0 spiro atoms. The van der Waals surface area contributed by atoms with Crippen molar-refractivity contribution in [2.24, 2.45) is 0 Å². The molecule has 0 radical (unpaired) electrons. The summed E-state index contributed by atoms with van der Waals surface area (Å²) in [6, 6.07) is 7.30. The van der Waals surface area contributed by atoms with Crippen LogP contribution in [0.15, 0.2) is 94.8 Å². The van der Waals surface area contributed by atoms with Gasteiger partial charge in [0.05, 0.1) is 58.5 Å². The van der Waals surface area contributed by atoms with Crippen LogP contribution in [0.1, 0.15) is 557 Å². The fourth-order valence-electron chi connectivity index (χ4n) is 16.4. The van der Waals surface area contributed by atoms with E-state index in [-0.39, 0.29) is 75.3 Å². The van der Waals surface area contributed by atoms with Crippen molar-refractivity contribution in [2.45, 2.75) is 525 Å². The molecule has 0 aliphatic rings. The molecule has 125 heavy (non-hydrogen) atoms. The van der Waals surface area contributed by atoms with Crippen molar-refractivity contribution < 1.29 is 64.1 Å². The first kappa shape index (κ1) is 121. The van der Waals surface area contributed by atoms with Crippen LogP contribution in [0.2, 0.25) is 0 Å². The SMILES string of the molecule is CC/C=C/CCCCCCCCCCCCCCCCCCCOC(=O)c1cccc(S(=O)(=O)[O-])c1C(=O)OCCCCCCCCCCCCCCCCCCC/C=C/CC.CC/C=C/CCCCCCCCCCCCCCCCCCCOC(=O)c1cccc(S(=O)(=O)[O-])c1C(=O)OCCCCCCCCCCCCCCCCCCC/C=C/CC.[Ca+2]. The summed E-state index contributed by atoms with van der Waals surface area (Å²) in [5, 5.41) is 0. The molecule has 0 saturated heterocycles. The van der Waals surface area contributed by atoms with Gasteiger partial charge in [0.1, 0.15) is 20.2 Å². The van der Waals surface area contributed by atoms with Gasteiger partial charge in [-0.3, -0.25) is 0 Å². The third-order valence-electron chi connectivity index (χ3n) is 24.0. The minimum atomic E-state index is -5.02. The van der Waals surface area contributed by atoms with Crippen LogP contribution < -0.4 is 0 Å². The van der Waals surface area contributed by atoms with Gasteiger partial charge in [0.25, 0.3) is 0 Å². The van der Waals surface area contributed by atoms with Crippen molar-refractivity contribution in [3.8, 4) is 0 Å². The van der Waals surface area contributed by atoms with E-state index in [1.54, 1.807) is 0 Å². The molecule has 0 bridgehead atoms. The standard InChI is InChI=1S/2C54H94O7S.Ca/c2*1-3-5-7-9-11-13-15-17-19-21-23-25-27-29-31-33-35-37-39-41-43-48-60-53(55)50-46-45-47-51(62(57,58)59)52(50)54(56)61-49-44-42-40-38-36-34-32-30-28-26-24-22-20-18-16-14-12-10-8-6-4-2;/h2*5-8,45-47H,3-4,9-44,48-49H2,1-2H3,(H,57,58,59);/q;;+2/p-2/b2*7-5+,8-6+;. The number of rotatable bonds is 90. The molecule has 0 aliphatic carbocycles. The third-order valence-corrected chi connectivity index (χ3v) is 25.8. The molecule has 0 fully saturated rings. The molecule has 14 nitrogen and oxygen atoms in total. The third kappa shape index (κ3) is 76.6. The average molecular weight is 1810 g/mol. The number of carbonyl (C=O) groups is 4. The molecule has 2 aromatic carbocycles. The van der Waals surface area contributed by atoms with Crippen LogP contribution in [0, 0.1) is 0 Å². The minimum Gasteiger partial charge on any atom is -0.744 e. The van der Waals surface area contributed by atoms with Crippen molar-refractivity contribution in [1.82, 2.24) is 0 Å². The summed E-state index contributed by atoms with van der Waals surface area (Å²) >= 11 is 0. The summed E-state index contributed by atoms with van der Waals surface area (Å²) in [7, 11) is -10.0. The maximum absolute atomic E-state index is 13.1. The molecule has 0 unspecified atom stereocenters. The van der Waals surface area contributed by atoms with Gasteiger partial charge in [-0.25, -0.2) is 36.0 Å². The first-order chi connectivity index (χ1) is 60.6. The van der Waals surface area contributed by atoms with E-state index in [1.807, 2.05) is 0 Å². The second-order valence-electron chi connectivity index (χ2n) is 35.5. The first-order valence-corrected chi connectivity index (χ1v) is 54.9. The zero-order valence-corrected chi connectivity index (χ0v) is 84.7. The quantitative estimate of drug-likeness (QED) is 0.0150. The molecule has 2 aromatic rings. The Hall–Kier alpha value is -3.64. The Kier molecular flexibility index (Phi) is 89.5. The van der Waals surface area contributed by atoms with Crippen LogP contribution in [0.3, 0.4) is 0 Å². The Bertz CT molecular complexity index is 2950. The fourth-order valence-corrected chi connectivity index (χ4v) is 17.8. The molecule has 0 aliphatic heterocycles. The zero-order chi connectivity index (χ0) is 90.1. The minimum absolute atomic E-state index is 0. The van der Waals surface area contributed by atoms with Gasteiger partial charge in [-0.2, -0.15) is 0 Å². The van der Waals surface area contributed by atoms with Crippen molar-refractivity contribution in [3.05, 3.63) is 107 Å². The van der Waals surface area contributed by atoms with E-state index < -0.39 is 65.0 Å². The molecule has 716 valence electrons. The molecule has 0 saturated carbocycles. The molecule has 0 aromatic heterocycles. The molecule has 2 rings (SSSR count). The second kappa shape index (κ2) is 92.2. The Balaban J connectivity index is 0.00000244. The van der Waals surface area contributed by atoms with Crippen molar-refractivity contribution >= 4 is 81.9 Å². The number of hydrogen-bond donors (Lipinski definition) is 0. The van der Waals surface area contributed by atoms with E-state index in [1.165, 1.54) is 384 Å². The number of ether oxygens (including phenoxy) is 4. The van der Waals surface area contributed by atoms with Crippen molar-refractivity contribution in [3.63, 3.8) is 0 Å². The number of allylic oxidation sites excluding steroid dienone is 8. The maximum Gasteiger partial charge on any atom is 2.00 e. The van der Waals surface area contributed by atoms with Crippen LogP contribution in [0.25, 0.3) is 0 Å². The van der Waals surface area contributed by atoms with E-state index in [2.05, 4.69) is 76.3 Å². The van der Waals surface area contributed by atoms with Crippen LogP contribution >= 0.6 is 0 Å². The Labute approximate surface area is 798 Å². The topological polar surface area (TPSA) is 220 Å². The van der Waals surface area contributed by atoms with Gasteiger partial charge in [-0.15, -0.1) is 0 Å². The van der Waals surface area contributed by atoms with Crippen molar-refractivity contribution in [2.75, 3.05) is 26.4 Å². The predicted octanol–water partition coefficient (Wildman–Crippen LogP) is 33.4. The van der Waals surface area contributed by atoms with Crippen LogP contribution in [-0.4, -0.2) is 114 Å². The van der Waals surface area contributed by atoms with Gasteiger partial charge in [0.2, 0.25) is 0 Å². The summed E-state index contributed by atoms with van der Waals surface area (Å²) in [5.41, 5.74) is -1.53. The maximum atomic E-state index is 13.1. The fraction of sp³-hybridized carbons (Fsp3) is 0.778. The number of esters is 4. The van der Waals surface area contributed by atoms with Gasteiger partial charge in [-0.1, -0.05) is 474 Å². The summed E-state index contributed by atoms with van der Waals surface area (Å²) in [5.74, 6) is -3.60. The number of benzene rings is 2. The van der Waals surface area contributed by atoms with E-state index in [0.717, 1.165) is 115 Å². The van der Waals surface area contributed by atoms with Gasteiger partial charge in [-0.05, 0) is 127 Å². The van der Waals surface area contributed by atoms with Crippen LogP contribution in [0.5, 0.6) is 0 Å². The zero-order valence-electron chi connectivity index (χ0n) is 80.9. The molecule has 0 atom stereocenters. The Morgan fingerprint density at radius 2 is 0.368 bits per heavy atom. The smallest absolute Gasteiger partial charge is 0.744 e. The molecular formula is C108H186CaO14S2. The molecule has 0 heterocycles. The van der Waals surface area contributed by atoms with E-state index >= 15 is 0 Å². The van der Waals surface area contributed by atoms with Gasteiger partial charge < -0.3 is 28.1 Å². The molecule has 17 heteroatoms. The first-order valence-electron chi connectivity index (χ1n) is 52.1. The molecule has 0 N–H and O–H groups in total. The van der Waals surface area contributed by atoms with Crippen LogP contribution in [0.4, 0.5) is 0 Å². The second-order valence-corrected chi connectivity index (χ2v) is 38.2. The Morgan fingerprint density at radius 1 is 0.224 bits per heavy atom. The summed E-state index contributed by atoms with van der Waals surface area (Å²) < 4.78 is 93.9. The number of unbranched alkanes of at least 4 members (excludes halogenated alkanes) is 68. The number of hydrogen-bond acceptors (Lipinski definition) is 14.